The van der Waals surface area contributed by atoms with E-state index in [0.29, 0.717) is 17.6 Å². The summed E-state index contributed by atoms with van der Waals surface area (Å²) in [4.78, 5) is 17.2. The van der Waals surface area contributed by atoms with Crippen LogP contribution in [0.5, 0.6) is 0 Å². The Bertz CT molecular complexity index is 580. The van der Waals surface area contributed by atoms with Crippen LogP contribution in [-0.4, -0.2) is 19.9 Å². The lowest BCUT2D eigenvalue weighted by Gasteiger charge is -2.07. The molecule has 0 saturated heterocycles. The molecule has 98 valence electrons. The van der Waals surface area contributed by atoms with Gasteiger partial charge in [-0.2, -0.15) is 0 Å². The van der Waals surface area contributed by atoms with Crippen molar-refractivity contribution in [3.05, 3.63) is 40.8 Å². The first kappa shape index (κ1) is 12.3. The summed E-state index contributed by atoms with van der Waals surface area (Å²) in [5.74, 6) is 2.34. The summed E-state index contributed by atoms with van der Waals surface area (Å²) in [6.07, 6.45) is 5.60. The highest BCUT2D eigenvalue weighted by Crippen LogP contribution is 2.38. The van der Waals surface area contributed by atoms with Gasteiger partial charge < -0.3 is 5.32 Å². The molecule has 3 rings (SSSR count). The summed E-state index contributed by atoms with van der Waals surface area (Å²) < 4.78 is 0. The number of aromatic nitrogens is 4. The number of nitrogens with one attached hydrogen (secondary N) is 1. The Kier molecular flexibility index (Phi) is 3.29. The lowest BCUT2D eigenvalue weighted by Crippen LogP contribution is -2.06. The summed E-state index contributed by atoms with van der Waals surface area (Å²) in [5.41, 5.74) is 1.82. The molecule has 2 aromatic heterocycles. The second kappa shape index (κ2) is 5.09. The largest absolute Gasteiger partial charge is 0.364 e. The smallest absolute Gasteiger partial charge is 0.147 e. The summed E-state index contributed by atoms with van der Waals surface area (Å²) in [7, 11) is 0. The van der Waals surface area contributed by atoms with Crippen LogP contribution < -0.4 is 5.32 Å². The van der Waals surface area contributed by atoms with Gasteiger partial charge in [0.25, 0.3) is 0 Å². The van der Waals surface area contributed by atoms with Crippen LogP contribution in [-0.2, 0) is 6.54 Å². The van der Waals surface area contributed by atoms with E-state index in [1.54, 1.807) is 12.4 Å². The van der Waals surface area contributed by atoms with Crippen LogP contribution in [0.4, 0.5) is 5.82 Å². The predicted molar refractivity (Wildman–Crippen MR) is 73.1 cm³/mol. The van der Waals surface area contributed by atoms with Gasteiger partial charge >= 0.3 is 0 Å². The molecular formula is C13H14ClN5. The molecule has 19 heavy (non-hydrogen) atoms. The maximum absolute atomic E-state index is 5.70. The Balaban J connectivity index is 1.70. The molecule has 0 amide bonds. The molecule has 1 N–H and O–H groups in total. The summed E-state index contributed by atoms with van der Waals surface area (Å²) in [6, 6.07) is 1.94. The van der Waals surface area contributed by atoms with Gasteiger partial charge in [-0.15, -0.1) is 0 Å². The maximum Gasteiger partial charge on any atom is 0.147 e. The first-order valence-electron chi connectivity index (χ1n) is 6.26. The molecule has 0 bridgehead atoms. The van der Waals surface area contributed by atoms with Gasteiger partial charge in [0.2, 0.25) is 0 Å². The van der Waals surface area contributed by atoms with E-state index in [1.165, 1.54) is 12.8 Å². The molecule has 2 aromatic rings. The zero-order valence-electron chi connectivity index (χ0n) is 10.6. The Hall–Kier alpha value is -1.75. The van der Waals surface area contributed by atoms with E-state index in [9.17, 15) is 0 Å². The molecule has 1 saturated carbocycles. The second-order valence-corrected chi connectivity index (χ2v) is 5.10. The van der Waals surface area contributed by atoms with Crippen LogP contribution in [0.15, 0.2) is 18.5 Å². The minimum atomic E-state index is 0.401. The molecule has 1 aliphatic rings. The summed E-state index contributed by atoms with van der Waals surface area (Å²) in [6.45, 7) is 2.56. The van der Waals surface area contributed by atoms with Crippen molar-refractivity contribution in [1.82, 2.24) is 19.9 Å². The van der Waals surface area contributed by atoms with E-state index >= 15 is 0 Å². The standard InChI is InChI=1S/C13H14ClN5/c1-8-4-12(19-13(18-8)9-2-3-9)17-6-10-5-16-11(14)7-15-10/h4-5,7,9H,2-3,6H2,1H3,(H,17,18,19). The van der Waals surface area contributed by atoms with Crippen molar-refractivity contribution >= 4 is 17.4 Å². The molecule has 0 atom stereocenters. The Morgan fingerprint density at radius 1 is 1.26 bits per heavy atom. The average Bonchev–Trinajstić information content (AvgIpc) is 3.22. The van der Waals surface area contributed by atoms with Crippen molar-refractivity contribution in [2.75, 3.05) is 5.32 Å². The fourth-order valence-electron chi connectivity index (χ4n) is 1.82. The number of hydrogen-bond acceptors (Lipinski definition) is 5. The minimum Gasteiger partial charge on any atom is -0.364 e. The second-order valence-electron chi connectivity index (χ2n) is 4.71. The third-order valence-electron chi connectivity index (χ3n) is 2.94. The number of rotatable bonds is 4. The Morgan fingerprint density at radius 3 is 2.79 bits per heavy atom. The monoisotopic (exact) mass is 275 g/mol. The summed E-state index contributed by atoms with van der Waals surface area (Å²) in [5, 5.41) is 3.65. The van der Waals surface area contributed by atoms with E-state index in [1.807, 2.05) is 13.0 Å². The normalized spacial score (nSPS) is 14.4. The van der Waals surface area contributed by atoms with E-state index in [2.05, 4.69) is 25.3 Å². The molecule has 6 heteroatoms. The topological polar surface area (TPSA) is 63.6 Å². The fraction of sp³-hybridized carbons (Fsp3) is 0.385. The number of anilines is 1. The van der Waals surface area contributed by atoms with Crippen LogP contribution in [0, 0.1) is 6.92 Å². The van der Waals surface area contributed by atoms with Gasteiger partial charge in [-0.25, -0.2) is 15.0 Å². The molecule has 0 radical (unpaired) electrons. The van der Waals surface area contributed by atoms with Crippen molar-refractivity contribution in [1.29, 1.82) is 0 Å². The lowest BCUT2D eigenvalue weighted by molar-refractivity contribution is 0.896. The number of nitrogens with zero attached hydrogens (tertiary/aromatic N) is 4. The quantitative estimate of drug-likeness (QED) is 0.929. The summed E-state index contributed by atoms with van der Waals surface area (Å²) >= 11 is 5.70. The third kappa shape index (κ3) is 3.17. The SMILES string of the molecule is Cc1cc(NCc2cnc(Cl)cn2)nc(C2CC2)n1. The Morgan fingerprint density at radius 2 is 2.11 bits per heavy atom. The zero-order chi connectivity index (χ0) is 13.2. The van der Waals surface area contributed by atoms with Crippen molar-refractivity contribution in [2.24, 2.45) is 0 Å². The van der Waals surface area contributed by atoms with E-state index < -0.39 is 0 Å². The third-order valence-corrected chi connectivity index (χ3v) is 3.13. The highest BCUT2D eigenvalue weighted by atomic mass is 35.5. The minimum absolute atomic E-state index is 0.401. The number of halogens is 1. The first-order valence-corrected chi connectivity index (χ1v) is 6.64. The lowest BCUT2D eigenvalue weighted by atomic mass is 10.3. The molecule has 5 nitrogen and oxygen atoms in total. The van der Waals surface area contributed by atoms with Crippen LogP contribution in [0.2, 0.25) is 5.15 Å². The van der Waals surface area contributed by atoms with E-state index in [4.69, 9.17) is 11.6 Å². The molecule has 0 unspecified atom stereocenters. The van der Waals surface area contributed by atoms with Crippen molar-refractivity contribution in [3.8, 4) is 0 Å². The molecule has 0 aromatic carbocycles. The number of hydrogen-bond donors (Lipinski definition) is 1. The van der Waals surface area contributed by atoms with E-state index in [0.717, 1.165) is 23.0 Å². The van der Waals surface area contributed by atoms with Gasteiger partial charge in [0.15, 0.2) is 0 Å². The molecule has 1 aliphatic carbocycles. The van der Waals surface area contributed by atoms with Gasteiger partial charge in [0.05, 0.1) is 24.6 Å². The van der Waals surface area contributed by atoms with Crippen LogP contribution in [0.1, 0.15) is 36.0 Å². The van der Waals surface area contributed by atoms with Crippen molar-refractivity contribution < 1.29 is 0 Å². The van der Waals surface area contributed by atoms with Gasteiger partial charge in [-0.1, -0.05) is 11.6 Å². The van der Waals surface area contributed by atoms with E-state index in [-0.39, 0.29) is 0 Å². The van der Waals surface area contributed by atoms with Gasteiger partial charge in [-0.3, -0.25) is 4.98 Å². The van der Waals surface area contributed by atoms with Crippen LogP contribution in [0.3, 0.4) is 0 Å². The average molecular weight is 276 g/mol. The number of aryl methyl sites for hydroxylation is 1. The molecule has 2 heterocycles. The molecule has 0 aliphatic heterocycles. The Labute approximate surface area is 116 Å². The highest BCUT2D eigenvalue weighted by Gasteiger charge is 2.26. The van der Waals surface area contributed by atoms with Gasteiger partial charge in [0.1, 0.15) is 16.8 Å². The first-order chi connectivity index (χ1) is 9.20. The van der Waals surface area contributed by atoms with Crippen LogP contribution >= 0.6 is 11.6 Å². The zero-order valence-corrected chi connectivity index (χ0v) is 11.4. The predicted octanol–water partition coefficient (Wildman–Crippen LogP) is 2.72. The van der Waals surface area contributed by atoms with Crippen molar-refractivity contribution in [2.45, 2.75) is 32.2 Å². The fourth-order valence-corrected chi connectivity index (χ4v) is 1.92. The molecular weight excluding hydrogens is 262 g/mol. The maximum atomic E-state index is 5.70. The highest BCUT2D eigenvalue weighted by molar-refractivity contribution is 6.29. The van der Waals surface area contributed by atoms with Crippen molar-refractivity contribution in [3.63, 3.8) is 0 Å². The van der Waals surface area contributed by atoms with Crippen LogP contribution in [0.25, 0.3) is 0 Å². The molecule has 0 spiro atoms. The molecule has 1 fully saturated rings. The van der Waals surface area contributed by atoms with Gasteiger partial charge in [-0.05, 0) is 19.8 Å². The van der Waals surface area contributed by atoms with Gasteiger partial charge in [0, 0.05) is 17.7 Å².